The Balaban J connectivity index is 2.00. The molecular formula is C25H25ClN4O5S. The Bertz CT molecular complexity index is 1710. The quantitative estimate of drug-likeness (QED) is 0.396. The Hall–Kier alpha value is -3.21. The first-order chi connectivity index (χ1) is 17.2. The van der Waals surface area contributed by atoms with E-state index in [4.69, 9.17) is 16.3 Å². The van der Waals surface area contributed by atoms with E-state index in [1.807, 2.05) is 0 Å². The molecule has 1 N–H and O–H groups in total. The number of hydrogen-bond donors (Lipinski definition) is 1. The molecule has 1 fully saturated rings. The first-order valence-electron chi connectivity index (χ1n) is 11.5. The Labute approximate surface area is 212 Å². The van der Waals surface area contributed by atoms with Crippen LogP contribution in [0.25, 0.3) is 27.5 Å². The van der Waals surface area contributed by atoms with Crippen LogP contribution in [0.4, 0.5) is 0 Å². The van der Waals surface area contributed by atoms with Crippen LogP contribution in [0.5, 0.6) is 5.75 Å². The largest absolute Gasteiger partial charge is 0.494 e. The molecule has 2 aromatic heterocycles. The van der Waals surface area contributed by atoms with Gasteiger partial charge >= 0.3 is 5.69 Å². The highest BCUT2D eigenvalue weighted by molar-refractivity contribution is 7.90. The van der Waals surface area contributed by atoms with E-state index >= 15 is 0 Å². The van der Waals surface area contributed by atoms with Gasteiger partial charge in [-0.1, -0.05) is 29.8 Å². The summed E-state index contributed by atoms with van der Waals surface area (Å²) >= 11 is 6.17. The fourth-order valence-electron chi connectivity index (χ4n) is 5.13. The van der Waals surface area contributed by atoms with Gasteiger partial charge in [0.25, 0.3) is 5.56 Å². The fraction of sp³-hybridized carbons (Fsp3) is 0.320. The van der Waals surface area contributed by atoms with Gasteiger partial charge in [-0.3, -0.25) is 14.3 Å². The zero-order chi connectivity index (χ0) is 25.6. The zero-order valence-electron chi connectivity index (χ0n) is 19.8. The monoisotopic (exact) mass is 528 g/mol. The first kappa shape index (κ1) is 24.5. The molecule has 11 heteroatoms. The lowest BCUT2D eigenvalue weighted by Crippen LogP contribution is -2.45. The average molecular weight is 529 g/mol. The predicted octanol–water partition coefficient (Wildman–Crippen LogP) is 2.91. The molecule has 1 unspecified atom stereocenters. The second-order valence-corrected chi connectivity index (χ2v) is 11.5. The van der Waals surface area contributed by atoms with Crippen molar-refractivity contribution in [2.24, 2.45) is 5.92 Å². The maximum absolute atomic E-state index is 14.2. The normalized spacial score (nSPS) is 15.9. The molecule has 5 rings (SSSR count). The molecule has 4 aromatic rings. The van der Waals surface area contributed by atoms with E-state index in [-0.39, 0.29) is 22.5 Å². The predicted molar refractivity (Wildman–Crippen MR) is 140 cm³/mol. The lowest BCUT2D eigenvalue weighted by molar-refractivity contribution is 0.313. The van der Waals surface area contributed by atoms with Crippen molar-refractivity contribution in [1.29, 1.82) is 0 Å². The van der Waals surface area contributed by atoms with Gasteiger partial charge in [-0.05, 0) is 56.1 Å². The van der Waals surface area contributed by atoms with Gasteiger partial charge in [0.1, 0.15) is 16.6 Å². The van der Waals surface area contributed by atoms with Gasteiger partial charge < -0.3 is 10.1 Å². The van der Waals surface area contributed by atoms with Gasteiger partial charge in [0.2, 0.25) is 0 Å². The maximum atomic E-state index is 14.2. The van der Waals surface area contributed by atoms with Crippen LogP contribution in [0.3, 0.4) is 0 Å². The maximum Gasteiger partial charge on any atom is 0.337 e. The molecule has 0 saturated carbocycles. The Kier molecular flexibility index (Phi) is 6.36. The molecule has 0 amide bonds. The molecular weight excluding hydrogens is 504 g/mol. The molecule has 2 aromatic carbocycles. The molecule has 1 saturated heterocycles. The molecule has 0 bridgehead atoms. The summed E-state index contributed by atoms with van der Waals surface area (Å²) in [5.41, 5.74) is -0.460. The minimum atomic E-state index is -3.79. The summed E-state index contributed by atoms with van der Waals surface area (Å²) < 4.78 is 34.4. The molecule has 1 aliphatic heterocycles. The van der Waals surface area contributed by atoms with Gasteiger partial charge in [0, 0.05) is 22.9 Å². The van der Waals surface area contributed by atoms with Crippen LogP contribution in [0.1, 0.15) is 18.2 Å². The van der Waals surface area contributed by atoms with Crippen molar-refractivity contribution >= 4 is 43.2 Å². The number of pyridine rings is 1. The van der Waals surface area contributed by atoms with Gasteiger partial charge in [-0.15, -0.1) is 0 Å². The van der Waals surface area contributed by atoms with Crippen LogP contribution in [-0.4, -0.2) is 49.0 Å². The zero-order valence-corrected chi connectivity index (χ0v) is 21.3. The summed E-state index contributed by atoms with van der Waals surface area (Å²) in [6.45, 7) is 1.26. The average Bonchev–Trinajstić information content (AvgIpc) is 2.85. The molecule has 0 spiro atoms. The van der Waals surface area contributed by atoms with Crippen LogP contribution in [0, 0.1) is 5.92 Å². The number of hydrogen-bond acceptors (Lipinski definition) is 7. The number of nitrogens with one attached hydrogen (secondary N) is 1. The number of ether oxygens (including phenoxy) is 1. The highest BCUT2D eigenvalue weighted by Crippen LogP contribution is 2.35. The SMILES string of the molecule is COc1cccc2c1ncc1c(=O)n(-c3cccc(Cl)c3)c(=O)n(C(C3CCNCC3)S(C)(=O)=O)c12. The van der Waals surface area contributed by atoms with Crippen LogP contribution in [-0.2, 0) is 9.84 Å². The number of piperidine rings is 1. The number of methoxy groups -OCH3 is 1. The second kappa shape index (κ2) is 9.34. The Morgan fingerprint density at radius 1 is 1.11 bits per heavy atom. The second-order valence-electron chi connectivity index (χ2n) is 8.96. The van der Waals surface area contributed by atoms with Gasteiger partial charge in [0.15, 0.2) is 9.84 Å². The van der Waals surface area contributed by atoms with Crippen molar-refractivity contribution in [3.8, 4) is 11.4 Å². The third-order valence-corrected chi connectivity index (χ3v) is 8.38. The molecule has 0 aliphatic carbocycles. The van der Waals surface area contributed by atoms with Crippen molar-refractivity contribution in [2.45, 2.75) is 18.2 Å². The molecule has 1 atom stereocenters. The number of para-hydroxylation sites is 1. The smallest absolute Gasteiger partial charge is 0.337 e. The van der Waals surface area contributed by atoms with E-state index in [0.29, 0.717) is 47.6 Å². The third-order valence-electron chi connectivity index (χ3n) is 6.67. The molecule has 188 valence electrons. The van der Waals surface area contributed by atoms with Crippen molar-refractivity contribution in [3.05, 3.63) is 74.5 Å². The molecule has 1 aliphatic rings. The fourth-order valence-corrected chi connectivity index (χ4v) is 6.87. The van der Waals surface area contributed by atoms with Crippen LogP contribution in [0.2, 0.25) is 5.02 Å². The first-order valence-corrected chi connectivity index (χ1v) is 13.8. The number of sulfone groups is 1. The van der Waals surface area contributed by atoms with E-state index in [9.17, 15) is 18.0 Å². The van der Waals surface area contributed by atoms with Crippen LogP contribution < -0.4 is 21.3 Å². The molecule has 36 heavy (non-hydrogen) atoms. The number of benzene rings is 2. The van der Waals surface area contributed by atoms with Gasteiger partial charge in [-0.25, -0.2) is 17.8 Å². The highest BCUT2D eigenvalue weighted by Gasteiger charge is 2.36. The lowest BCUT2D eigenvalue weighted by Gasteiger charge is -2.32. The number of aromatic nitrogens is 3. The minimum Gasteiger partial charge on any atom is -0.494 e. The molecule has 3 heterocycles. The molecule has 0 radical (unpaired) electrons. The van der Waals surface area contributed by atoms with Crippen molar-refractivity contribution in [2.75, 3.05) is 26.5 Å². The number of rotatable bonds is 5. The molecule has 9 nitrogen and oxygen atoms in total. The van der Waals surface area contributed by atoms with Crippen LogP contribution in [0.15, 0.2) is 58.3 Å². The van der Waals surface area contributed by atoms with Gasteiger partial charge in [-0.2, -0.15) is 0 Å². The summed E-state index contributed by atoms with van der Waals surface area (Å²) in [6.07, 6.45) is 3.64. The van der Waals surface area contributed by atoms with Gasteiger partial charge in [0.05, 0.1) is 23.7 Å². The van der Waals surface area contributed by atoms with Crippen LogP contribution >= 0.6 is 11.6 Å². The summed E-state index contributed by atoms with van der Waals surface area (Å²) in [4.78, 5) is 32.4. The van der Waals surface area contributed by atoms with Crippen molar-refractivity contribution in [3.63, 3.8) is 0 Å². The highest BCUT2D eigenvalue weighted by atomic mass is 35.5. The van der Waals surface area contributed by atoms with Crippen molar-refractivity contribution in [1.82, 2.24) is 19.4 Å². The van der Waals surface area contributed by atoms with E-state index < -0.39 is 26.5 Å². The summed E-state index contributed by atoms with van der Waals surface area (Å²) in [6, 6.07) is 11.5. The number of halogens is 1. The summed E-state index contributed by atoms with van der Waals surface area (Å²) in [7, 11) is -2.29. The summed E-state index contributed by atoms with van der Waals surface area (Å²) in [5.74, 6) is 0.117. The van der Waals surface area contributed by atoms with E-state index in [1.165, 1.54) is 23.9 Å². The Morgan fingerprint density at radius 3 is 2.50 bits per heavy atom. The Morgan fingerprint density at radius 2 is 1.83 bits per heavy atom. The lowest BCUT2D eigenvalue weighted by atomic mass is 9.97. The van der Waals surface area contributed by atoms with E-state index in [2.05, 4.69) is 10.3 Å². The minimum absolute atomic E-state index is 0.123. The van der Waals surface area contributed by atoms with Crippen molar-refractivity contribution < 1.29 is 13.2 Å². The topological polar surface area (TPSA) is 112 Å². The number of fused-ring (bicyclic) bond motifs is 3. The standard InChI is InChI=1S/C25H25ClN4O5S/c1-35-20-8-4-7-18-21(20)28-14-19-22(18)30(24(36(2,33)34)15-9-11-27-12-10-15)25(32)29(23(19)31)17-6-3-5-16(26)13-17/h3-8,13-15,24,27H,9-12H2,1-2H3. The summed E-state index contributed by atoms with van der Waals surface area (Å²) in [5, 5.41) is 2.98. The van der Waals surface area contributed by atoms with E-state index in [0.717, 1.165) is 10.8 Å². The third kappa shape index (κ3) is 4.08. The number of nitrogens with zero attached hydrogens (tertiary/aromatic N) is 3. The van der Waals surface area contributed by atoms with E-state index in [1.54, 1.807) is 36.4 Å².